The lowest BCUT2D eigenvalue weighted by Gasteiger charge is -2.43. The van der Waals surface area contributed by atoms with Gasteiger partial charge < -0.3 is 9.13 Å². The van der Waals surface area contributed by atoms with Crippen molar-refractivity contribution in [1.29, 1.82) is 0 Å². The summed E-state index contributed by atoms with van der Waals surface area (Å²) in [4.78, 5) is 16.2. The number of Topliss-reactive ketones (excluding diaryl/α,β-unsaturated/α-hetero) is 1. The maximum atomic E-state index is 16.2. The minimum Gasteiger partial charge on any atom is -0.333 e. The molecular weight excluding hydrogens is 957 g/mol. The summed E-state index contributed by atoms with van der Waals surface area (Å²) in [5.74, 6) is 1.24. The molecule has 5 unspecified atom stereocenters. The smallest absolute Gasteiger partial charge is 0.193 e. The fourth-order valence-electron chi connectivity index (χ4n) is 14.8. The minimum absolute atomic E-state index is 0.00101. The molecule has 0 radical (unpaired) electrons. The first kappa shape index (κ1) is 53.7. The second kappa shape index (κ2) is 17.8. The van der Waals surface area contributed by atoms with Crippen molar-refractivity contribution >= 4 is 50.3 Å². The molecule has 0 aliphatic heterocycles. The summed E-state index contributed by atoms with van der Waals surface area (Å²) < 4.78 is 5.40. The van der Waals surface area contributed by atoms with E-state index < -0.39 is 0 Å². The Balaban J connectivity index is 1.19. The van der Waals surface area contributed by atoms with Crippen LogP contribution in [0.1, 0.15) is 206 Å². The molecule has 410 valence electrons. The summed E-state index contributed by atoms with van der Waals surface area (Å²) in [7, 11) is 0. The first-order valence-electron chi connectivity index (χ1n) is 30.2. The van der Waals surface area contributed by atoms with Crippen molar-refractivity contribution in [1.82, 2.24) is 9.13 Å². The van der Waals surface area contributed by atoms with Crippen LogP contribution in [-0.4, -0.2) is 14.9 Å². The number of hydrogen-bond donors (Lipinski definition) is 0. The molecule has 0 amide bonds. The molecule has 0 bridgehead atoms. The first-order valence-corrected chi connectivity index (χ1v) is 30.2. The van der Waals surface area contributed by atoms with E-state index in [2.05, 4.69) is 250 Å². The predicted octanol–water partition coefficient (Wildman–Crippen LogP) is 20.2. The van der Waals surface area contributed by atoms with Gasteiger partial charge in [0.15, 0.2) is 5.78 Å². The quantitative estimate of drug-likeness (QED) is 0.174. The highest BCUT2D eigenvalue weighted by atomic mass is 16.1. The molecule has 6 aliphatic rings. The Labute approximate surface area is 474 Å². The van der Waals surface area contributed by atoms with Gasteiger partial charge in [-0.3, -0.25) is 4.79 Å². The maximum absolute atomic E-state index is 16.2. The van der Waals surface area contributed by atoms with Gasteiger partial charge in [-0.15, -0.1) is 0 Å². The summed E-state index contributed by atoms with van der Waals surface area (Å²) >= 11 is 0. The van der Waals surface area contributed by atoms with E-state index in [-0.39, 0.29) is 62.1 Å². The molecule has 6 aliphatic carbocycles. The molecule has 4 aromatic carbocycles. The van der Waals surface area contributed by atoms with E-state index in [1.807, 2.05) is 0 Å². The monoisotopic (exact) mass is 1050 g/mol. The van der Waals surface area contributed by atoms with Crippen LogP contribution in [-0.2, 0) is 34.5 Å². The standard InChI is InChI=1S/C76H90N2O/c1-43-52-41-51(76(17,18)19)42-55(52)60-33-44-23-24-46(71(2,3)4)36-54(44)70(79)61-35-45(34-53(43)69(60)61)68-66(77-62-29-25-47(72(5,6)7)37-56(62)57-38-48(73(8,9)10)26-30-63(57)77)21-20-22-67(68)78-64-31-27-49(74(11,12)13)39-58(64)59-40-50(75(14,15)16)28-32-65(59)78/h20-21,23-32,35-39,41,43,50,53,60,67H,22,33-34,40,42H2,1-19H3. The number of fused-ring (bicyclic) bond motifs is 8. The van der Waals surface area contributed by atoms with Gasteiger partial charge in [0.25, 0.3) is 0 Å². The summed E-state index contributed by atoms with van der Waals surface area (Å²) in [6, 6.07) is 28.9. The van der Waals surface area contributed by atoms with E-state index >= 15 is 4.79 Å². The van der Waals surface area contributed by atoms with Gasteiger partial charge in [-0.2, -0.15) is 0 Å². The van der Waals surface area contributed by atoms with Gasteiger partial charge in [-0.05, 0) is 193 Å². The lowest BCUT2D eigenvalue weighted by molar-refractivity contribution is 0.103. The minimum atomic E-state index is -0.0951. The first-order chi connectivity index (χ1) is 36.8. The molecular formula is C76H90N2O. The Bertz CT molecular complexity index is 3770. The van der Waals surface area contributed by atoms with Crippen molar-refractivity contribution in [3.63, 3.8) is 0 Å². The lowest BCUT2D eigenvalue weighted by atomic mass is 9.61. The third-order valence-corrected chi connectivity index (χ3v) is 20.0. The van der Waals surface area contributed by atoms with Crippen molar-refractivity contribution < 1.29 is 4.79 Å². The fourth-order valence-corrected chi connectivity index (χ4v) is 14.8. The van der Waals surface area contributed by atoms with Crippen LogP contribution in [0.2, 0.25) is 0 Å². The number of hydrogen-bond acceptors (Lipinski definition) is 1. The van der Waals surface area contributed by atoms with Gasteiger partial charge >= 0.3 is 0 Å². The van der Waals surface area contributed by atoms with Gasteiger partial charge in [-0.1, -0.05) is 191 Å². The molecule has 79 heavy (non-hydrogen) atoms. The molecule has 3 heteroatoms. The predicted molar refractivity (Wildman–Crippen MR) is 337 cm³/mol. The van der Waals surface area contributed by atoms with Crippen LogP contribution in [0, 0.1) is 34.5 Å². The average molecular weight is 1050 g/mol. The van der Waals surface area contributed by atoms with Crippen LogP contribution < -0.4 is 0 Å². The van der Waals surface area contributed by atoms with Crippen molar-refractivity contribution in [2.75, 3.05) is 0 Å². The van der Waals surface area contributed by atoms with Crippen LogP contribution in [0.4, 0.5) is 0 Å². The molecule has 3 nitrogen and oxygen atoms in total. The van der Waals surface area contributed by atoms with E-state index in [1.54, 1.807) is 5.57 Å². The highest BCUT2D eigenvalue weighted by Crippen LogP contribution is 2.59. The number of carbonyl (C=O) groups excluding carboxylic acids is 1. The van der Waals surface area contributed by atoms with E-state index in [1.165, 1.54) is 105 Å². The number of aromatic nitrogens is 2. The van der Waals surface area contributed by atoms with Crippen molar-refractivity contribution in [2.45, 2.75) is 191 Å². The zero-order chi connectivity index (χ0) is 56.6. The Morgan fingerprint density at radius 2 is 1.13 bits per heavy atom. The zero-order valence-electron chi connectivity index (χ0n) is 51.6. The molecule has 0 fully saturated rings. The number of nitrogens with zero attached hydrogens (tertiary/aromatic N) is 2. The third kappa shape index (κ3) is 8.75. The van der Waals surface area contributed by atoms with Crippen molar-refractivity contribution in [2.24, 2.45) is 34.5 Å². The fraction of sp³-hybridized carbons (Fsp3) is 0.461. The van der Waals surface area contributed by atoms with Crippen molar-refractivity contribution in [3.05, 3.63) is 187 Å². The Hall–Kier alpha value is -5.93. The summed E-state index contributed by atoms with van der Waals surface area (Å²) in [6.45, 7) is 44.8. The summed E-state index contributed by atoms with van der Waals surface area (Å²) in [5.41, 5.74) is 24.8. The number of rotatable bonds is 3. The molecule has 0 saturated heterocycles. The number of ketones is 1. The largest absolute Gasteiger partial charge is 0.333 e. The van der Waals surface area contributed by atoms with E-state index in [9.17, 15) is 0 Å². The van der Waals surface area contributed by atoms with Gasteiger partial charge in [0, 0.05) is 50.0 Å². The third-order valence-electron chi connectivity index (χ3n) is 20.0. The number of carbonyl (C=O) groups is 1. The summed E-state index contributed by atoms with van der Waals surface area (Å²) in [6.07, 6.45) is 19.6. The molecule has 2 heterocycles. The Kier molecular flexibility index (Phi) is 12.1. The number of benzene rings is 4. The van der Waals surface area contributed by atoms with E-state index in [0.29, 0.717) is 5.92 Å². The number of allylic oxidation sites excluding steroid dienone is 13. The SMILES string of the molecule is CC1C2=C(CC(C(C)(C)C)=C2)C2Cc3ccc(C(C)(C)C)cc3C(=O)C3=C2C1CC(C1=C(n2c4ccc(C(C)(C)C)cc4c4cc(C(C)(C)C)ccc42)C=CCC1n1c2c(c4cc(C(C)(C)C)ccc41)CC(C(C)(C)C)C=C2)=C3. The van der Waals surface area contributed by atoms with Crippen LogP contribution in [0.25, 0.3) is 44.5 Å². The molecule has 5 atom stereocenters. The lowest BCUT2D eigenvalue weighted by Crippen LogP contribution is -2.33. The zero-order valence-corrected chi connectivity index (χ0v) is 51.6. The second-order valence-corrected chi connectivity index (χ2v) is 31.4. The Morgan fingerprint density at radius 3 is 1.70 bits per heavy atom. The van der Waals surface area contributed by atoms with Crippen LogP contribution in [0.15, 0.2) is 142 Å². The van der Waals surface area contributed by atoms with Crippen LogP contribution in [0.5, 0.6) is 0 Å². The molecule has 2 aromatic heterocycles. The molecule has 0 saturated carbocycles. The highest BCUT2D eigenvalue weighted by molar-refractivity contribution is 6.14. The van der Waals surface area contributed by atoms with Gasteiger partial charge in [-0.25, -0.2) is 0 Å². The van der Waals surface area contributed by atoms with Gasteiger partial charge in [0.1, 0.15) is 0 Å². The Morgan fingerprint density at radius 1 is 0.570 bits per heavy atom. The molecule has 6 aromatic rings. The van der Waals surface area contributed by atoms with Gasteiger partial charge in [0.05, 0.1) is 22.8 Å². The van der Waals surface area contributed by atoms with Crippen LogP contribution >= 0.6 is 0 Å². The molecule has 0 spiro atoms. The normalized spacial score (nSPS) is 22.9. The highest BCUT2D eigenvalue weighted by Gasteiger charge is 2.48. The summed E-state index contributed by atoms with van der Waals surface area (Å²) in [5, 5.41) is 3.98. The van der Waals surface area contributed by atoms with Crippen molar-refractivity contribution in [3.8, 4) is 0 Å². The van der Waals surface area contributed by atoms with E-state index in [0.717, 1.165) is 43.2 Å². The van der Waals surface area contributed by atoms with Gasteiger partial charge in [0.2, 0.25) is 0 Å². The second-order valence-electron chi connectivity index (χ2n) is 31.4. The molecule has 12 rings (SSSR count). The average Bonchev–Trinajstić information content (AvgIpc) is 3.24. The van der Waals surface area contributed by atoms with E-state index in [4.69, 9.17) is 0 Å². The topological polar surface area (TPSA) is 26.9 Å². The molecule has 0 N–H and O–H groups in total. The van der Waals surface area contributed by atoms with Crippen LogP contribution in [0.3, 0.4) is 0 Å². The maximum Gasteiger partial charge on any atom is 0.193 e.